The number of likely N-dealkylation sites (tertiary alicyclic amines) is 1. The fourth-order valence-corrected chi connectivity index (χ4v) is 3.20. The van der Waals surface area contributed by atoms with Gasteiger partial charge in [-0.15, -0.1) is 0 Å². The Morgan fingerprint density at radius 2 is 2.17 bits per heavy atom. The molecule has 1 saturated heterocycles. The SMILES string of the molecule is CN(C)Cc1cc(C2CCCCN2C(=O)c2cnccn2)nn1C. The summed E-state index contributed by atoms with van der Waals surface area (Å²) in [5.41, 5.74) is 2.51. The van der Waals surface area contributed by atoms with E-state index in [1.807, 2.05) is 30.7 Å². The highest BCUT2D eigenvalue weighted by Crippen LogP contribution is 2.31. The van der Waals surface area contributed by atoms with Crippen LogP contribution in [0.4, 0.5) is 0 Å². The first-order valence-electron chi connectivity index (χ1n) is 8.31. The Bertz CT molecular complexity index is 696. The number of hydrogen-bond acceptors (Lipinski definition) is 5. The van der Waals surface area contributed by atoms with Crippen molar-refractivity contribution in [2.45, 2.75) is 31.8 Å². The molecule has 128 valence electrons. The van der Waals surface area contributed by atoms with Gasteiger partial charge in [0.05, 0.1) is 23.6 Å². The van der Waals surface area contributed by atoms with E-state index >= 15 is 0 Å². The second-order valence-corrected chi connectivity index (χ2v) is 6.52. The van der Waals surface area contributed by atoms with Crippen molar-refractivity contribution < 1.29 is 4.79 Å². The first-order chi connectivity index (χ1) is 11.6. The summed E-state index contributed by atoms with van der Waals surface area (Å²) < 4.78 is 1.91. The maximum absolute atomic E-state index is 12.8. The van der Waals surface area contributed by atoms with Crippen LogP contribution in [0.5, 0.6) is 0 Å². The summed E-state index contributed by atoms with van der Waals surface area (Å²) in [7, 11) is 6.04. The first-order valence-corrected chi connectivity index (χ1v) is 8.31. The van der Waals surface area contributed by atoms with Crippen molar-refractivity contribution in [1.29, 1.82) is 0 Å². The summed E-state index contributed by atoms with van der Waals surface area (Å²) in [5, 5.41) is 4.67. The minimum absolute atomic E-state index is 0.00960. The molecule has 2 aromatic heterocycles. The Labute approximate surface area is 142 Å². The Morgan fingerprint density at radius 1 is 1.33 bits per heavy atom. The van der Waals surface area contributed by atoms with Gasteiger partial charge in [-0.05, 0) is 39.4 Å². The average Bonchev–Trinajstić information content (AvgIpc) is 2.95. The third-order valence-electron chi connectivity index (χ3n) is 4.36. The smallest absolute Gasteiger partial charge is 0.274 e. The number of amides is 1. The van der Waals surface area contributed by atoms with Crippen molar-refractivity contribution in [3.63, 3.8) is 0 Å². The monoisotopic (exact) mass is 328 g/mol. The topological polar surface area (TPSA) is 67.2 Å². The van der Waals surface area contributed by atoms with E-state index in [1.54, 1.807) is 12.4 Å². The van der Waals surface area contributed by atoms with E-state index in [-0.39, 0.29) is 11.9 Å². The Hall–Kier alpha value is -2.28. The van der Waals surface area contributed by atoms with Gasteiger partial charge in [0.2, 0.25) is 0 Å². The van der Waals surface area contributed by atoms with Crippen LogP contribution in [0, 0.1) is 0 Å². The van der Waals surface area contributed by atoms with Gasteiger partial charge < -0.3 is 9.80 Å². The number of piperidine rings is 1. The molecule has 3 rings (SSSR count). The fourth-order valence-electron chi connectivity index (χ4n) is 3.20. The van der Waals surface area contributed by atoms with E-state index in [2.05, 4.69) is 26.0 Å². The summed E-state index contributed by atoms with van der Waals surface area (Å²) in [4.78, 5) is 25.0. The van der Waals surface area contributed by atoms with Crippen molar-refractivity contribution in [1.82, 2.24) is 29.5 Å². The van der Waals surface area contributed by atoms with Crippen molar-refractivity contribution in [2.75, 3.05) is 20.6 Å². The second-order valence-electron chi connectivity index (χ2n) is 6.52. The van der Waals surface area contributed by atoms with Crippen LogP contribution in [0.3, 0.4) is 0 Å². The van der Waals surface area contributed by atoms with Crippen molar-refractivity contribution in [2.24, 2.45) is 7.05 Å². The molecule has 1 fully saturated rings. The van der Waals surface area contributed by atoms with Crippen molar-refractivity contribution >= 4 is 5.91 Å². The molecule has 0 bridgehead atoms. The third kappa shape index (κ3) is 3.46. The summed E-state index contributed by atoms with van der Waals surface area (Å²) in [5.74, 6) is -0.0624. The highest BCUT2D eigenvalue weighted by Gasteiger charge is 2.31. The van der Waals surface area contributed by atoms with Gasteiger partial charge in [0, 0.05) is 32.5 Å². The van der Waals surface area contributed by atoms with Crippen LogP contribution in [0.1, 0.15) is 47.2 Å². The molecule has 2 aromatic rings. The summed E-state index contributed by atoms with van der Waals surface area (Å²) in [6.45, 7) is 1.56. The van der Waals surface area contributed by atoms with E-state index in [0.29, 0.717) is 5.69 Å². The maximum Gasteiger partial charge on any atom is 0.274 e. The number of aryl methyl sites for hydroxylation is 1. The lowest BCUT2D eigenvalue weighted by Gasteiger charge is -2.34. The second kappa shape index (κ2) is 7.09. The molecule has 1 unspecified atom stereocenters. The summed E-state index contributed by atoms with van der Waals surface area (Å²) in [6.07, 6.45) is 7.72. The molecule has 1 aliphatic heterocycles. The number of hydrogen-bond donors (Lipinski definition) is 0. The van der Waals surface area contributed by atoms with Gasteiger partial charge in [-0.1, -0.05) is 0 Å². The summed E-state index contributed by atoms with van der Waals surface area (Å²) >= 11 is 0. The predicted molar refractivity (Wildman–Crippen MR) is 90.3 cm³/mol. The Balaban J connectivity index is 1.86. The molecule has 0 aromatic carbocycles. The predicted octanol–water partition coefficient (Wildman–Crippen LogP) is 1.64. The molecule has 0 spiro atoms. The van der Waals surface area contributed by atoms with Crippen LogP contribution < -0.4 is 0 Å². The van der Waals surface area contributed by atoms with Crippen LogP contribution in [-0.4, -0.2) is 56.1 Å². The molecule has 0 N–H and O–H groups in total. The zero-order chi connectivity index (χ0) is 17.1. The fraction of sp³-hybridized carbons (Fsp3) is 0.529. The zero-order valence-corrected chi connectivity index (χ0v) is 14.5. The maximum atomic E-state index is 12.8. The van der Waals surface area contributed by atoms with Crippen LogP contribution in [-0.2, 0) is 13.6 Å². The van der Waals surface area contributed by atoms with Gasteiger partial charge >= 0.3 is 0 Å². The number of carbonyl (C=O) groups is 1. The molecule has 0 radical (unpaired) electrons. The zero-order valence-electron chi connectivity index (χ0n) is 14.5. The average molecular weight is 328 g/mol. The normalized spacial score (nSPS) is 18.2. The minimum Gasteiger partial charge on any atom is -0.329 e. The molecule has 1 aliphatic rings. The van der Waals surface area contributed by atoms with Crippen molar-refractivity contribution in [3.8, 4) is 0 Å². The Morgan fingerprint density at radius 3 is 2.88 bits per heavy atom. The van der Waals surface area contributed by atoms with Gasteiger partial charge in [0.15, 0.2) is 0 Å². The molecular formula is C17H24N6O. The van der Waals surface area contributed by atoms with Gasteiger partial charge in [0.25, 0.3) is 5.91 Å². The molecule has 1 atom stereocenters. The van der Waals surface area contributed by atoms with E-state index in [4.69, 9.17) is 0 Å². The standard InChI is InChI=1S/C17H24N6O/c1-21(2)12-13-10-14(20-22(13)3)16-6-4-5-9-23(16)17(24)15-11-18-7-8-19-15/h7-8,10-11,16H,4-6,9,12H2,1-3H3. The largest absolute Gasteiger partial charge is 0.329 e. The highest BCUT2D eigenvalue weighted by molar-refractivity contribution is 5.92. The lowest BCUT2D eigenvalue weighted by molar-refractivity contribution is 0.0598. The van der Waals surface area contributed by atoms with Gasteiger partial charge in [-0.2, -0.15) is 5.10 Å². The van der Waals surface area contributed by atoms with E-state index in [1.165, 1.54) is 6.20 Å². The molecule has 0 aliphatic carbocycles. The van der Waals surface area contributed by atoms with Crippen molar-refractivity contribution in [3.05, 3.63) is 41.7 Å². The molecule has 7 heteroatoms. The highest BCUT2D eigenvalue weighted by atomic mass is 16.2. The minimum atomic E-state index is -0.0624. The molecule has 3 heterocycles. The van der Waals surface area contributed by atoms with E-state index < -0.39 is 0 Å². The van der Waals surface area contributed by atoms with Gasteiger partial charge in [0.1, 0.15) is 5.69 Å². The lowest BCUT2D eigenvalue weighted by atomic mass is 9.98. The summed E-state index contributed by atoms with van der Waals surface area (Å²) in [6, 6.07) is 2.13. The molecule has 0 saturated carbocycles. The number of rotatable bonds is 4. The van der Waals surface area contributed by atoms with E-state index in [0.717, 1.165) is 43.7 Å². The van der Waals surface area contributed by atoms with Crippen LogP contribution in [0.2, 0.25) is 0 Å². The first kappa shape index (κ1) is 16.6. The van der Waals surface area contributed by atoms with Crippen LogP contribution in [0.25, 0.3) is 0 Å². The quantitative estimate of drug-likeness (QED) is 0.853. The van der Waals surface area contributed by atoms with Gasteiger partial charge in [-0.3, -0.25) is 14.5 Å². The molecule has 24 heavy (non-hydrogen) atoms. The number of aromatic nitrogens is 4. The lowest BCUT2D eigenvalue weighted by Crippen LogP contribution is -2.39. The number of nitrogens with zero attached hydrogens (tertiary/aromatic N) is 6. The number of carbonyl (C=O) groups excluding carboxylic acids is 1. The van der Waals surface area contributed by atoms with Crippen LogP contribution in [0.15, 0.2) is 24.7 Å². The Kier molecular flexibility index (Phi) is 4.89. The molecule has 7 nitrogen and oxygen atoms in total. The molecular weight excluding hydrogens is 304 g/mol. The van der Waals surface area contributed by atoms with Gasteiger partial charge in [-0.25, -0.2) is 4.98 Å². The van der Waals surface area contributed by atoms with E-state index in [9.17, 15) is 4.79 Å². The molecule has 1 amide bonds. The van der Waals surface area contributed by atoms with Crippen LogP contribution >= 0.6 is 0 Å². The third-order valence-corrected chi connectivity index (χ3v) is 4.36.